The predicted octanol–water partition coefficient (Wildman–Crippen LogP) is 2.87. The highest BCUT2D eigenvalue weighted by atomic mass is 16.2. The van der Waals surface area contributed by atoms with Crippen LogP contribution >= 0.6 is 0 Å². The molecule has 1 atom stereocenters. The maximum atomic E-state index is 11.9. The number of nitrogens with one attached hydrogen (secondary N) is 1. The molecule has 1 amide bonds. The Morgan fingerprint density at radius 2 is 2.10 bits per heavy atom. The Morgan fingerprint density at radius 1 is 1.40 bits per heavy atom. The molecule has 1 unspecified atom stereocenters. The molecule has 1 aromatic carbocycles. The van der Waals surface area contributed by atoms with Gasteiger partial charge < -0.3 is 10.2 Å². The fourth-order valence-corrected chi connectivity index (χ4v) is 2.95. The number of carbonyl (C=O) groups excluding carboxylic acids is 1. The zero-order valence-electron chi connectivity index (χ0n) is 13.1. The molecule has 3 nitrogen and oxygen atoms in total. The fourth-order valence-electron chi connectivity index (χ4n) is 2.95. The summed E-state index contributed by atoms with van der Waals surface area (Å²) in [7, 11) is 1.85. The van der Waals surface area contributed by atoms with E-state index in [0.717, 1.165) is 19.4 Å². The molecule has 0 saturated carbocycles. The van der Waals surface area contributed by atoms with Gasteiger partial charge in [0.1, 0.15) is 0 Å². The van der Waals surface area contributed by atoms with Crippen molar-refractivity contribution in [2.45, 2.75) is 45.1 Å². The number of nitrogens with zero attached hydrogens (tertiary/aromatic N) is 1. The second-order valence-corrected chi connectivity index (χ2v) is 6.35. The van der Waals surface area contributed by atoms with Crippen LogP contribution in [-0.4, -0.2) is 30.9 Å². The molecule has 0 fully saturated rings. The molecule has 0 heterocycles. The predicted molar refractivity (Wildman–Crippen MR) is 82.8 cm³/mol. The van der Waals surface area contributed by atoms with E-state index in [9.17, 15) is 4.79 Å². The minimum Gasteiger partial charge on any atom is -0.345 e. The fraction of sp³-hybridized carbons (Fsp3) is 0.588. The summed E-state index contributed by atoms with van der Waals surface area (Å²) in [6, 6.07) is 8.92. The SMILES string of the molecule is CCN(C)C(=O)CNC1CCC(C)(C)c2ccccc21. The van der Waals surface area contributed by atoms with E-state index < -0.39 is 0 Å². The summed E-state index contributed by atoms with van der Waals surface area (Å²) in [5.41, 5.74) is 3.01. The first-order valence-electron chi connectivity index (χ1n) is 7.52. The lowest BCUT2D eigenvalue weighted by atomic mass is 9.71. The first-order chi connectivity index (χ1) is 9.45. The van der Waals surface area contributed by atoms with Gasteiger partial charge in [-0.25, -0.2) is 0 Å². The number of likely N-dealkylation sites (N-methyl/N-ethyl adjacent to an activating group) is 1. The third kappa shape index (κ3) is 3.04. The van der Waals surface area contributed by atoms with Crippen molar-refractivity contribution < 1.29 is 4.79 Å². The lowest BCUT2D eigenvalue weighted by Gasteiger charge is -2.37. The van der Waals surface area contributed by atoms with Crippen LogP contribution in [0.25, 0.3) is 0 Å². The summed E-state index contributed by atoms with van der Waals surface area (Å²) in [5.74, 6) is 0.162. The van der Waals surface area contributed by atoms with Gasteiger partial charge in [0.05, 0.1) is 6.54 Å². The molecule has 0 spiro atoms. The monoisotopic (exact) mass is 274 g/mol. The Bertz CT molecular complexity index is 482. The molecule has 110 valence electrons. The van der Waals surface area contributed by atoms with Crippen molar-refractivity contribution in [3.63, 3.8) is 0 Å². The molecule has 1 aliphatic carbocycles. The lowest BCUT2D eigenvalue weighted by Crippen LogP contribution is -2.39. The molecule has 2 rings (SSSR count). The first kappa shape index (κ1) is 15.0. The van der Waals surface area contributed by atoms with E-state index in [1.54, 1.807) is 4.90 Å². The van der Waals surface area contributed by atoms with Gasteiger partial charge in [-0.2, -0.15) is 0 Å². The van der Waals surface area contributed by atoms with Gasteiger partial charge >= 0.3 is 0 Å². The molecule has 0 aliphatic heterocycles. The summed E-state index contributed by atoms with van der Waals surface area (Å²) in [6.07, 6.45) is 2.24. The van der Waals surface area contributed by atoms with Crippen molar-refractivity contribution in [1.29, 1.82) is 0 Å². The summed E-state index contributed by atoms with van der Waals surface area (Å²) in [6.45, 7) is 7.78. The van der Waals surface area contributed by atoms with Gasteiger partial charge in [-0.3, -0.25) is 4.79 Å². The summed E-state index contributed by atoms with van der Waals surface area (Å²) in [5, 5.41) is 3.44. The van der Waals surface area contributed by atoms with Gasteiger partial charge in [-0.15, -0.1) is 0 Å². The average Bonchev–Trinajstić information content (AvgIpc) is 2.45. The molecule has 0 aromatic heterocycles. The maximum absolute atomic E-state index is 11.9. The quantitative estimate of drug-likeness (QED) is 0.915. The Hall–Kier alpha value is -1.35. The molecule has 20 heavy (non-hydrogen) atoms. The second-order valence-electron chi connectivity index (χ2n) is 6.35. The summed E-state index contributed by atoms with van der Waals surface area (Å²) < 4.78 is 0. The van der Waals surface area contributed by atoms with Crippen LogP contribution in [0.15, 0.2) is 24.3 Å². The molecule has 0 bridgehead atoms. The van der Waals surface area contributed by atoms with Crippen molar-refractivity contribution in [3.05, 3.63) is 35.4 Å². The van der Waals surface area contributed by atoms with Crippen molar-refractivity contribution in [2.24, 2.45) is 0 Å². The van der Waals surface area contributed by atoms with E-state index in [1.807, 2.05) is 14.0 Å². The zero-order valence-corrected chi connectivity index (χ0v) is 13.1. The van der Waals surface area contributed by atoms with Crippen LogP contribution in [0.2, 0.25) is 0 Å². The molecule has 1 aromatic rings. The van der Waals surface area contributed by atoms with Gasteiger partial charge in [-0.05, 0) is 36.3 Å². The summed E-state index contributed by atoms with van der Waals surface area (Å²) >= 11 is 0. The molecule has 0 saturated heterocycles. The van der Waals surface area contributed by atoms with Crippen molar-refractivity contribution in [2.75, 3.05) is 20.1 Å². The molecular weight excluding hydrogens is 248 g/mol. The molecule has 1 N–H and O–H groups in total. The van der Waals surface area contributed by atoms with Crippen LogP contribution < -0.4 is 5.32 Å². The normalized spacial score (nSPS) is 20.3. The van der Waals surface area contributed by atoms with E-state index in [1.165, 1.54) is 11.1 Å². The number of hydrogen-bond acceptors (Lipinski definition) is 2. The van der Waals surface area contributed by atoms with Gasteiger partial charge in [-0.1, -0.05) is 38.1 Å². The van der Waals surface area contributed by atoms with E-state index in [4.69, 9.17) is 0 Å². The molecule has 3 heteroatoms. The Kier molecular flexibility index (Phi) is 4.48. The third-order valence-corrected chi connectivity index (χ3v) is 4.52. The maximum Gasteiger partial charge on any atom is 0.236 e. The average molecular weight is 274 g/mol. The summed E-state index contributed by atoms with van der Waals surface area (Å²) in [4.78, 5) is 13.7. The van der Waals surface area contributed by atoms with Crippen molar-refractivity contribution >= 4 is 5.91 Å². The van der Waals surface area contributed by atoms with Gasteiger partial charge in [0.15, 0.2) is 0 Å². The van der Waals surface area contributed by atoms with Crippen molar-refractivity contribution in [3.8, 4) is 0 Å². The second kappa shape index (κ2) is 5.96. The largest absolute Gasteiger partial charge is 0.345 e. The Morgan fingerprint density at radius 3 is 2.80 bits per heavy atom. The van der Waals surface area contributed by atoms with E-state index >= 15 is 0 Å². The van der Waals surface area contributed by atoms with Crippen LogP contribution in [0.5, 0.6) is 0 Å². The van der Waals surface area contributed by atoms with E-state index in [-0.39, 0.29) is 11.3 Å². The van der Waals surface area contributed by atoms with Gasteiger partial charge in [0.2, 0.25) is 5.91 Å². The van der Waals surface area contributed by atoms with Crippen molar-refractivity contribution in [1.82, 2.24) is 10.2 Å². The van der Waals surface area contributed by atoms with E-state index in [2.05, 4.69) is 43.4 Å². The third-order valence-electron chi connectivity index (χ3n) is 4.52. The number of rotatable bonds is 4. The smallest absolute Gasteiger partial charge is 0.236 e. The molecule has 1 aliphatic rings. The number of carbonyl (C=O) groups is 1. The number of hydrogen-bond donors (Lipinski definition) is 1. The highest BCUT2D eigenvalue weighted by Gasteiger charge is 2.32. The van der Waals surface area contributed by atoms with E-state index in [0.29, 0.717) is 12.6 Å². The van der Waals surface area contributed by atoms with Gasteiger partial charge in [0.25, 0.3) is 0 Å². The highest BCUT2D eigenvalue weighted by molar-refractivity contribution is 5.78. The van der Waals surface area contributed by atoms with Crippen LogP contribution in [0.4, 0.5) is 0 Å². The van der Waals surface area contributed by atoms with Crippen LogP contribution in [0.1, 0.15) is 50.8 Å². The number of fused-ring (bicyclic) bond motifs is 1. The van der Waals surface area contributed by atoms with Crippen LogP contribution in [0.3, 0.4) is 0 Å². The number of benzene rings is 1. The minimum absolute atomic E-state index is 0.162. The zero-order chi connectivity index (χ0) is 14.8. The highest BCUT2D eigenvalue weighted by Crippen LogP contribution is 2.41. The first-order valence-corrected chi connectivity index (χ1v) is 7.52. The lowest BCUT2D eigenvalue weighted by molar-refractivity contribution is -0.128. The minimum atomic E-state index is 0.162. The Labute approximate surface area is 122 Å². The standard InChI is InChI=1S/C17H26N2O/c1-5-19(4)16(20)12-18-15-10-11-17(2,3)14-9-7-6-8-13(14)15/h6-9,15,18H,5,10-12H2,1-4H3. The number of amides is 1. The molecule has 0 radical (unpaired) electrons. The van der Waals surface area contributed by atoms with Crippen LogP contribution in [-0.2, 0) is 10.2 Å². The Balaban J connectivity index is 2.10. The van der Waals surface area contributed by atoms with Crippen LogP contribution in [0, 0.1) is 0 Å². The topological polar surface area (TPSA) is 32.3 Å². The molecular formula is C17H26N2O. The van der Waals surface area contributed by atoms with Gasteiger partial charge in [0, 0.05) is 19.6 Å².